The smallest absolute Gasteiger partial charge is 0.268 e. The summed E-state index contributed by atoms with van der Waals surface area (Å²) >= 11 is 11.9. The highest BCUT2D eigenvalue weighted by Crippen LogP contribution is 2.34. The van der Waals surface area contributed by atoms with Gasteiger partial charge in [0, 0.05) is 0 Å². The van der Waals surface area contributed by atoms with E-state index >= 15 is 0 Å². The molecule has 0 atom stereocenters. The van der Waals surface area contributed by atoms with Crippen LogP contribution in [0.15, 0.2) is 35.5 Å². The van der Waals surface area contributed by atoms with E-state index in [9.17, 15) is 9.90 Å². The first-order valence-corrected chi connectivity index (χ1v) is 6.87. The summed E-state index contributed by atoms with van der Waals surface area (Å²) < 4.78 is 6.24. The highest BCUT2D eigenvalue weighted by atomic mass is 35.5. The Labute approximate surface area is 134 Å². The molecule has 0 spiro atoms. The molecular weight excluding hydrogens is 329 g/mol. The molecule has 0 aliphatic rings. The van der Waals surface area contributed by atoms with Gasteiger partial charge >= 0.3 is 0 Å². The number of phenols is 1. The summed E-state index contributed by atoms with van der Waals surface area (Å²) in [5.41, 5.74) is -0.410. The third-order valence-corrected chi connectivity index (χ3v) is 3.70. The highest BCUT2D eigenvalue weighted by Gasteiger charge is 2.16. The number of benzene rings is 1. The van der Waals surface area contributed by atoms with Crippen molar-refractivity contribution in [1.82, 2.24) is 14.5 Å². The standard InChI is InChI=1S/C14H9Cl2N3O3/c1-22-7-2-3-10(17-5-7)19-6-18-12-11(14(19)21)8(15)4-9(16)13(12)20/h2-6,20H,1H3. The van der Waals surface area contributed by atoms with Gasteiger partial charge in [-0.25, -0.2) is 9.97 Å². The van der Waals surface area contributed by atoms with E-state index in [0.717, 1.165) is 0 Å². The van der Waals surface area contributed by atoms with E-state index in [0.29, 0.717) is 11.6 Å². The number of hydrogen-bond acceptors (Lipinski definition) is 5. The van der Waals surface area contributed by atoms with Crippen LogP contribution in [-0.2, 0) is 0 Å². The van der Waals surface area contributed by atoms with Gasteiger partial charge in [-0.15, -0.1) is 0 Å². The Kier molecular flexibility index (Phi) is 3.64. The van der Waals surface area contributed by atoms with Gasteiger partial charge in [0.1, 0.15) is 23.4 Å². The number of nitrogens with zero attached hydrogens (tertiary/aromatic N) is 3. The molecule has 0 saturated heterocycles. The van der Waals surface area contributed by atoms with Crippen molar-refractivity contribution < 1.29 is 9.84 Å². The zero-order valence-corrected chi connectivity index (χ0v) is 12.8. The van der Waals surface area contributed by atoms with Crippen molar-refractivity contribution in [3.8, 4) is 17.3 Å². The number of methoxy groups -OCH3 is 1. The first-order valence-electron chi connectivity index (χ1n) is 6.11. The maximum atomic E-state index is 12.6. The Hall–Kier alpha value is -2.31. The Morgan fingerprint density at radius 2 is 2.00 bits per heavy atom. The minimum Gasteiger partial charge on any atom is -0.504 e. The summed E-state index contributed by atoms with van der Waals surface area (Å²) in [6, 6.07) is 4.58. The van der Waals surface area contributed by atoms with E-state index in [4.69, 9.17) is 27.9 Å². The van der Waals surface area contributed by atoms with Gasteiger partial charge in [-0.2, -0.15) is 0 Å². The minimum absolute atomic E-state index is 0.0322. The van der Waals surface area contributed by atoms with Crippen LogP contribution < -0.4 is 10.3 Å². The molecule has 2 aromatic heterocycles. The predicted octanol–water partition coefficient (Wildman–Crippen LogP) is 2.80. The van der Waals surface area contributed by atoms with Crippen LogP contribution in [0.4, 0.5) is 0 Å². The maximum Gasteiger partial charge on any atom is 0.268 e. The van der Waals surface area contributed by atoms with Gasteiger partial charge < -0.3 is 9.84 Å². The number of ether oxygens (including phenoxy) is 1. The fraction of sp³-hybridized carbons (Fsp3) is 0.0714. The molecule has 6 nitrogen and oxygen atoms in total. The van der Waals surface area contributed by atoms with Crippen LogP contribution in [-0.4, -0.2) is 26.8 Å². The summed E-state index contributed by atoms with van der Waals surface area (Å²) in [5, 5.41) is 10.1. The van der Waals surface area contributed by atoms with Gasteiger partial charge in [-0.3, -0.25) is 9.36 Å². The first-order chi connectivity index (χ1) is 10.5. The van der Waals surface area contributed by atoms with E-state index in [2.05, 4.69) is 9.97 Å². The number of aromatic hydroxyl groups is 1. The normalized spacial score (nSPS) is 10.9. The second-order valence-electron chi connectivity index (χ2n) is 4.39. The van der Waals surface area contributed by atoms with Crippen LogP contribution in [0.1, 0.15) is 0 Å². The molecular formula is C14H9Cl2N3O3. The van der Waals surface area contributed by atoms with Crippen LogP contribution in [0, 0.1) is 0 Å². The molecule has 0 saturated carbocycles. The molecule has 0 bridgehead atoms. The molecule has 0 fully saturated rings. The molecule has 0 aliphatic heterocycles. The third kappa shape index (κ3) is 2.26. The van der Waals surface area contributed by atoms with E-state index in [1.54, 1.807) is 12.1 Å². The van der Waals surface area contributed by atoms with Gasteiger partial charge in [0.05, 0.1) is 28.7 Å². The van der Waals surface area contributed by atoms with Crippen molar-refractivity contribution in [2.75, 3.05) is 7.11 Å². The van der Waals surface area contributed by atoms with E-state index in [-0.39, 0.29) is 26.7 Å². The van der Waals surface area contributed by atoms with Gasteiger partial charge in [-0.05, 0) is 18.2 Å². The second-order valence-corrected chi connectivity index (χ2v) is 5.20. The van der Waals surface area contributed by atoms with Gasteiger partial charge in [0.2, 0.25) is 0 Å². The Balaban J connectivity index is 2.28. The van der Waals surface area contributed by atoms with Crippen LogP contribution in [0.5, 0.6) is 11.5 Å². The summed E-state index contributed by atoms with van der Waals surface area (Å²) in [7, 11) is 1.52. The predicted molar refractivity (Wildman–Crippen MR) is 83.4 cm³/mol. The van der Waals surface area contributed by atoms with Crippen molar-refractivity contribution in [3.63, 3.8) is 0 Å². The van der Waals surface area contributed by atoms with Gasteiger partial charge in [-0.1, -0.05) is 23.2 Å². The third-order valence-electron chi connectivity index (χ3n) is 3.12. The van der Waals surface area contributed by atoms with Crippen molar-refractivity contribution in [2.45, 2.75) is 0 Å². The fourth-order valence-corrected chi connectivity index (χ4v) is 2.55. The van der Waals surface area contributed by atoms with Crippen molar-refractivity contribution in [2.24, 2.45) is 0 Å². The molecule has 0 unspecified atom stereocenters. The summed E-state index contributed by atoms with van der Waals surface area (Å²) in [4.78, 5) is 20.8. The minimum atomic E-state index is -0.459. The molecule has 1 N–H and O–H groups in total. The quantitative estimate of drug-likeness (QED) is 0.777. The molecule has 112 valence electrons. The number of pyridine rings is 1. The average Bonchev–Trinajstić information content (AvgIpc) is 2.52. The van der Waals surface area contributed by atoms with Gasteiger partial charge in [0.25, 0.3) is 5.56 Å². The van der Waals surface area contributed by atoms with Crippen LogP contribution >= 0.6 is 23.2 Å². The molecule has 1 aromatic carbocycles. The van der Waals surface area contributed by atoms with Crippen molar-refractivity contribution >= 4 is 34.1 Å². The maximum absolute atomic E-state index is 12.6. The Morgan fingerprint density at radius 1 is 1.23 bits per heavy atom. The second kappa shape index (κ2) is 5.47. The number of hydrogen-bond donors (Lipinski definition) is 1. The molecule has 0 aliphatic carbocycles. The van der Waals surface area contributed by atoms with Crippen molar-refractivity contribution in [3.05, 3.63) is 51.1 Å². The first kappa shape index (κ1) is 14.6. The molecule has 3 aromatic rings. The number of fused-ring (bicyclic) bond motifs is 1. The Bertz CT molecular complexity index is 923. The highest BCUT2D eigenvalue weighted by molar-refractivity contribution is 6.39. The Morgan fingerprint density at radius 3 is 2.64 bits per heavy atom. The lowest BCUT2D eigenvalue weighted by molar-refractivity contribution is 0.412. The topological polar surface area (TPSA) is 77.2 Å². The van der Waals surface area contributed by atoms with Crippen LogP contribution in [0.2, 0.25) is 10.0 Å². The molecule has 2 heterocycles. The van der Waals surface area contributed by atoms with E-state index < -0.39 is 5.56 Å². The van der Waals surface area contributed by atoms with Crippen molar-refractivity contribution in [1.29, 1.82) is 0 Å². The SMILES string of the molecule is COc1ccc(-n2cnc3c(O)c(Cl)cc(Cl)c3c2=O)nc1. The molecule has 0 radical (unpaired) electrons. The number of aromatic nitrogens is 3. The number of rotatable bonds is 2. The van der Waals surface area contributed by atoms with Gasteiger partial charge in [0.15, 0.2) is 5.75 Å². The molecule has 22 heavy (non-hydrogen) atoms. The van der Waals surface area contributed by atoms with E-state index in [1.807, 2.05) is 0 Å². The molecule has 8 heteroatoms. The molecule has 0 amide bonds. The fourth-order valence-electron chi connectivity index (χ4n) is 2.01. The lowest BCUT2D eigenvalue weighted by atomic mass is 10.2. The zero-order valence-electron chi connectivity index (χ0n) is 11.2. The molecule has 3 rings (SSSR count). The summed E-state index contributed by atoms with van der Waals surface area (Å²) in [5.74, 6) is 0.631. The monoisotopic (exact) mass is 337 g/mol. The van der Waals surface area contributed by atoms with Crippen LogP contribution in [0.25, 0.3) is 16.7 Å². The largest absolute Gasteiger partial charge is 0.504 e. The number of halogens is 2. The lowest BCUT2D eigenvalue weighted by Crippen LogP contribution is -2.20. The van der Waals surface area contributed by atoms with E-state index in [1.165, 1.54) is 30.3 Å². The average molecular weight is 338 g/mol. The lowest BCUT2D eigenvalue weighted by Gasteiger charge is -2.09. The zero-order chi connectivity index (χ0) is 15.9. The number of phenolic OH excluding ortho intramolecular Hbond substituents is 1. The summed E-state index contributed by atoms with van der Waals surface area (Å²) in [6.45, 7) is 0. The van der Waals surface area contributed by atoms with Crippen LogP contribution in [0.3, 0.4) is 0 Å². The summed E-state index contributed by atoms with van der Waals surface area (Å²) in [6.07, 6.45) is 2.73.